The molecule has 0 amide bonds. The third-order valence-corrected chi connectivity index (χ3v) is 1.51. The maximum atomic E-state index is 4.13. The first kappa shape index (κ1) is 10.9. The molecule has 0 aliphatic heterocycles. The summed E-state index contributed by atoms with van der Waals surface area (Å²) in [5, 5.41) is 0. The molecular weight excluding hydrogens is 251 g/mol. The number of hydrogen-bond acceptors (Lipinski definition) is 1. The lowest BCUT2D eigenvalue weighted by Crippen LogP contribution is -1.93. The van der Waals surface area contributed by atoms with Crippen LogP contribution >= 0.6 is 24.0 Å². The van der Waals surface area contributed by atoms with Gasteiger partial charge in [-0.1, -0.05) is 13.8 Å². The van der Waals surface area contributed by atoms with Gasteiger partial charge in [-0.25, -0.2) is 4.98 Å². The summed E-state index contributed by atoms with van der Waals surface area (Å²) in [7, 11) is 0. The second-order valence-electron chi connectivity index (χ2n) is 2.97. The molecule has 0 saturated heterocycles. The monoisotopic (exact) mass is 266 g/mol. The minimum Gasteiger partial charge on any atom is -0.349 e. The van der Waals surface area contributed by atoms with Gasteiger partial charge in [0.25, 0.3) is 0 Å². The predicted molar refractivity (Wildman–Crippen MR) is 57.2 cm³/mol. The van der Waals surface area contributed by atoms with Crippen LogP contribution in [-0.4, -0.2) is 9.97 Å². The lowest BCUT2D eigenvalue weighted by Gasteiger charge is -2.00. The van der Waals surface area contributed by atoms with E-state index in [-0.39, 0.29) is 24.0 Å². The van der Waals surface area contributed by atoms with Gasteiger partial charge in [-0.05, 0) is 12.3 Å². The number of nitrogens with zero attached hydrogens (tertiary/aromatic N) is 1. The molecule has 0 bridgehead atoms. The first-order valence-corrected chi connectivity index (χ1v) is 3.77. The molecule has 0 aliphatic rings. The highest BCUT2D eigenvalue weighted by Gasteiger charge is 1.96. The highest BCUT2D eigenvalue weighted by atomic mass is 127. The van der Waals surface area contributed by atoms with Crippen molar-refractivity contribution in [1.82, 2.24) is 9.97 Å². The molecule has 1 aromatic rings. The van der Waals surface area contributed by atoms with Crippen molar-refractivity contribution in [1.29, 1.82) is 0 Å². The molecule has 64 valence electrons. The van der Waals surface area contributed by atoms with Gasteiger partial charge in [0.05, 0.1) is 0 Å². The Morgan fingerprint density at radius 3 is 2.73 bits per heavy atom. The van der Waals surface area contributed by atoms with Crippen LogP contribution in [0.15, 0.2) is 12.4 Å². The zero-order valence-corrected chi connectivity index (χ0v) is 9.33. The van der Waals surface area contributed by atoms with E-state index in [9.17, 15) is 0 Å². The third-order valence-electron chi connectivity index (χ3n) is 1.51. The van der Waals surface area contributed by atoms with Gasteiger partial charge in [-0.3, -0.25) is 0 Å². The van der Waals surface area contributed by atoms with Gasteiger partial charge >= 0.3 is 0 Å². The first-order chi connectivity index (χ1) is 4.79. The minimum atomic E-state index is 0. The summed E-state index contributed by atoms with van der Waals surface area (Å²) in [6.07, 6.45) is 5.96. The zero-order valence-electron chi connectivity index (χ0n) is 7.00. The van der Waals surface area contributed by atoms with Gasteiger partial charge in [0, 0.05) is 18.8 Å². The van der Waals surface area contributed by atoms with E-state index in [4.69, 9.17) is 0 Å². The zero-order chi connectivity index (χ0) is 7.40. The molecular formula is C8H15IN2. The second kappa shape index (κ2) is 5.57. The summed E-state index contributed by atoms with van der Waals surface area (Å²) < 4.78 is 0. The molecule has 0 saturated carbocycles. The number of aryl methyl sites for hydroxylation is 1. The van der Waals surface area contributed by atoms with Crippen molar-refractivity contribution >= 4 is 24.0 Å². The van der Waals surface area contributed by atoms with Crippen molar-refractivity contribution in [3.05, 3.63) is 18.2 Å². The Balaban J connectivity index is 0.000001000. The summed E-state index contributed by atoms with van der Waals surface area (Å²) in [6, 6.07) is 0. The number of halogens is 1. The van der Waals surface area contributed by atoms with Crippen molar-refractivity contribution in [2.24, 2.45) is 5.92 Å². The van der Waals surface area contributed by atoms with E-state index in [0.717, 1.165) is 18.2 Å². The Kier molecular flexibility index (Phi) is 5.54. The Labute approximate surface area is 84.8 Å². The van der Waals surface area contributed by atoms with Gasteiger partial charge in [-0.15, -0.1) is 24.0 Å². The van der Waals surface area contributed by atoms with Crippen LogP contribution in [0.4, 0.5) is 0 Å². The standard InChI is InChI=1S/C8H14N2.HI/c1-7(2)3-4-8-9-5-6-10-8;/h5-7H,3-4H2,1-2H3,(H,9,10);1H. The van der Waals surface area contributed by atoms with Gasteiger partial charge in [0.1, 0.15) is 5.82 Å². The molecule has 0 aliphatic carbocycles. The van der Waals surface area contributed by atoms with Crippen LogP contribution in [0.3, 0.4) is 0 Å². The molecule has 0 atom stereocenters. The Bertz CT molecular complexity index is 170. The average Bonchev–Trinajstić information content (AvgIpc) is 2.34. The summed E-state index contributed by atoms with van der Waals surface area (Å²) >= 11 is 0. The lowest BCUT2D eigenvalue weighted by molar-refractivity contribution is 0.577. The summed E-state index contributed by atoms with van der Waals surface area (Å²) in [5.41, 5.74) is 0. The summed E-state index contributed by atoms with van der Waals surface area (Å²) in [5.74, 6) is 1.87. The Morgan fingerprint density at radius 2 is 2.27 bits per heavy atom. The molecule has 0 spiro atoms. The van der Waals surface area contributed by atoms with Crippen LogP contribution in [0, 0.1) is 5.92 Å². The Morgan fingerprint density at radius 1 is 1.55 bits per heavy atom. The van der Waals surface area contributed by atoms with E-state index < -0.39 is 0 Å². The normalized spacial score (nSPS) is 9.73. The van der Waals surface area contributed by atoms with Gasteiger partial charge in [0.2, 0.25) is 0 Å². The quantitative estimate of drug-likeness (QED) is 0.837. The molecule has 0 unspecified atom stereocenters. The van der Waals surface area contributed by atoms with Crippen molar-refractivity contribution in [3.63, 3.8) is 0 Å². The molecule has 1 heterocycles. The number of rotatable bonds is 3. The van der Waals surface area contributed by atoms with Gasteiger partial charge < -0.3 is 4.98 Å². The molecule has 3 heteroatoms. The minimum absolute atomic E-state index is 0. The third kappa shape index (κ3) is 4.40. The van der Waals surface area contributed by atoms with E-state index in [1.54, 1.807) is 6.20 Å². The van der Waals surface area contributed by atoms with E-state index >= 15 is 0 Å². The second-order valence-corrected chi connectivity index (χ2v) is 2.97. The Hall–Kier alpha value is -0.0600. The largest absolute Gasteiger partial charge is 0.349 e. The van der Waals surface area contributed by atoms with Crippen molar-refractivity contribution in [3.8, 4) is 0 Å². The number of hydrogen-bond donors (Lipinski definition) is 1. The van der Waals surface area contributed by atoms with Gasteiger partial charge in [0.15, 0.2) is 0 Å². The average molecular weight is 266 g/mol. The highest BCUT2D eigenvalue weighted by Crippen LogP contribution is 2.03. The molecule has 1 N–H and O–H groups in total. The van der Waals surface area contributed by atoms with Crippen molar-refractivity contribution < 1.29 is 0 Å². The first-order valence-electron chi connectivity index (χ1n) is 3.77. The lowest BCUT2D eigenvalue weighted by atomic mass is 10.1. The van der Waals surface area contributed by atoms with Crippen molar-refractivity contribution in [2.75, 3.05) is 0 Å². The number of nitrogens with one attached hydrogen (secondary N) is 1. The maximum absolute atomic E-state index is 4.13. The van der Waals surface area contributed by atoms with E-state index in [1.807, 2.05) is 6.20 Å². The number of aromatic amines is 1. The van der Waals surface area contributed by atoms with Gasteiger partial charge in [-0.2, -0.15) is 0 Å². The smallest absolute Gasteiger partial charge is 0.106 e. The van der Waals surface area contributed by atoms with Crippen LogP contribution in [0.25, 0.3) is 0 Å². The molecule has 2 nitrogen and oxygen atoms in total. The fraction of sp³-hybridized carbons (Fsp3) is 0.625. The molecule has 11 heavy (non-hydrogen) atoms. The summed E-state index contributed by atoms with van der Waals surface area (Å²) in [4.78, 5) is 7.21. The number of H-pyrrole nitrogens is 1. The van der Waals surface area contributed by atoms with Crippen LogP contribution in [0.2, 0.25) is 0 Å². The van der Waals surface area contributed by atoms with E-state index in [1.165, 1.54) is 6.42 Å². The molecule has 0 fully saturated rings. The number of aromatic nitrogens is 2. The van der Waals surface area contributed by atoms with Crippen LogP contribution < -0.4 is 0 Å². The maximum Gasteiger partial charge on any atom is 0.106 e. The van der Waals surface area contributed by atoms with Crippen LogP contribution in [-0.2, 0) is 6.42 Å². The number of imidazole rings is 1. The molecule has 1 aromatic heterocycles. The van der Waals surface area contributed by atoms with Crippen LogP contribution in [0.1, 0.15) is 26.1 Å². The van der Waals surface area contributed by atoms with E-state index in [2.05, 4.69) is 23.8 Å². The van der Waals surface area contributed by atoms with Crippen LogP contribution in [0.5, 0.6) is 0 Å². The molecule has 1 rings (SSSR count). The SMILES string of the molecule is CC(C)CCc1ncc[nH]1.I. The fourth-order valence-electron chi connectivity index (χ4n) is 0.860. The molecule has 0 radical (unpaired) electrons. The highest BCUT2D eigenvalue weighted by molar-refractivity contribution is 14.0. The fourth-order valence-corrected chi connectivity index (χ4v) is 0.860. The van der Waals surface area contributed by atoms with E-state index in [0.29, 0.717) is 0 Å². The topological polar surface area (TPSA) is 28.7 Å². The predicted octanol–water partition coefficient (Wildman–Crippen LogP) is 2.62. The molecule has 0 aromatic carbocycles. The summed E-state index contributed by atoms with van der Waals surface area (Å²) in [6.45, 7) is 4.45. The van der Waals surface area contributed by atoms with Crippen molar-refractivity contribution in [2.45, 2.75) is 26.7 Å².